The molecule has 0 saturated carbocycles. The third-order valence-electron chi connectivity index (χ3n) is 3.49. The van der Waals surface area contributed by atoms with Crippen molar-refractivity contribution >= 4 is 43.4 Å². The van der Waals surface area contributed by atoms with E-state index < -0.39 is 0 Å². The van der Waals surface area contributed by atoms with E-state index >= 15 is 0 Å². The zero-order chi connectivity index (χ0) is 16.4. The summed E-state index contributed by atoms with van der Waals surface area (Å²) in [5, 5.41) is 0. The van der Waals surface area contributed by atoms with Gasteiger partial charge in [-0.1, -0.05) is 33.3 Å². The molecule has 0 aliphatic heterocycles. The first kappa shape index (κ1) is 16.0. The molecule has 0 radical (unpaired) electrons. The molecule has 1 amide bonds. The Kier molecular flexibility index (Phi) is 4.63. The number of carbonyl (C=O) groups is 1. The summed E-state index contributed by atoms with van der Waals surface area (Å²) in [7, 11) is 1.65. The zero-order valence-electron chi connectivity index (χ0n) is 12.7. The number of para-hydroxylation sites is 1. The monoisotopic (exact) mass is 390 g/mol. The Morgan fingerprint density at radius 1 is 1.26 bits per heavy atom. The molecule has 0 unspecified atom stereocenters. The number of hydrogen-bond donors (Lipinski definition) is 0. The van der Waals surface area contributed by atoms with E-state index in [-0.39, 0.29) is 5.91 Å². The minimum Gasteiger partial charge on any atom is -0.495 e. The van der Waals surface area contributed by atoms with Gasteiger partial charge in [-0.2, -0.15) is 4.99 Å². The van der Waals surface area contributed by atoms with E-state index in [4.69, 9.17) is 4.74 Å². The Morgan fingerprint density at radius 3 is 2.65 bits per heavy atom. The van der Waals surface area contributed by atoms with E-state index in [9.17, 15) is 4.79 Å². The molecule has 23 heavy (non-hydrogen) atoms. The van der Waals surface area contributed by atoms with Crippen LogP contribution < -0.4 is 9.54 Å². The van der Waals surface area contributed by atoms with E-state index in [0.717, 1.165) is 20.4 Å². The molecule has 0 aliphatic carbocycles. The number of hydrogen-bond acceptors (Lipinski definition) is 3. The van der Waals surface area contributed by atoms with Crippen molar-refractivity contribution in [2.24, 2.45) is 4.99 Å². The number of benzene rings is 2. The molecule has 0 N–H and O–H groups in total. The fourth-order valence-corrected chi connectivity index (χ4v) is 3.76. The number of methoxy groups -OCH3 is 1. The van der Waals surface area contributed by atoms with Crippen LogP contribution in [0.2, 0.25) is 0 Å². The van der Waals surface area contributed by atoms with Gasteiger partial charge in [0.2, 0.25) is 0 Å². The maximum Gasteiger partial charge on any atom is 0.279 e. The zero-order valence-corrected chi connectivity index (χ0v) is 15.1. The Labute approximate surface area is 146 Å². The molecular weight excluding hydrogens is 376 g/mol. The van der Waals surface area contributed by atoms with Crippen molar-refractivity contribution in [3.05, 3.63) is 57.3 Å². The summed E-state index contributed by atoms with van der Waals surface area (Å²) in [5.74, 6) is 0.545. The quantitative estimate of drug-likeness (QED) is 0.671. The Hall–Kier alpha value is -1.92. The molecule has 6 heteroatoms. The van der Waals surface area contributed by atoms with Crippen molar-refractivity contribution in [2.75, 3.05) is 7.11 Å². The lowest BCUT2D eigenvalue weighted by atomic mass is 10.2. The number of nitrogens with zero attached hydrogens (tertiary/aromatic N) is 2. The van der Waals surface area contributed by atoms with Gasteiger partial charge in [0.25, 0.3) is 5.91 Å². The lowest BCUT2D eigenvalue weighted by molar-refractivity contribution is 0.0998. The third kappa shape index (κ3) is 3.09. The van der Waals surface area contributed by atoms with Gasteiger partial charge >= 0.3 is 0 Å². The predicted molar refractivity (Wildman–Crippen MR) is 96.1 cm³/mol. The maximum atomic E-state index is 12.4. The molecule has 0 atom stereocenters. The molecule has 3 aromatic rings. The summed E-state index contributed by atoms with van der Waals surface area (Å²) in [6, 6.07) is 13.1. The van der Waals surface area contributed by atoms with Crippen LogP contribution in [0.4, 0.5) is 0 Å². The fraction of sp³-hybridized carbons (Fsp3) is 0.176. The molecule has 0 aliphatic rings. The summed E-state index contributed by atoms with van der Waals surface area (Å²) in [4.78, 5) is 17.4. The molecule has 118 valence electrons. The third-order valence-corrected chi connectivity index (χ3v) is 5.06. The van der Waals surface area contributed by atoms with Crippen molar-refractivity contribution < 1.29 is 9.53 Å². The van der Waals surface area contributed by atoms with Crippen LogP contribution in [0.3, 0.4) is 0 Å². The normalized spacial score (nSPS) is 11.9. The van der Waals surface area contributed by atoms with E-state index in [1.807, 2.05) is 41.8 Å². The van der Waals surface area contributed by atoms with Gasteiger partial charge in [-0.05, 0) is 43.3 Å². The van der Waals surface area contributed by atoms with E-state index in [2.05, 4.69) is 20.9 Å². The van der Waals surface area contributed by atoms with Crippen molar-refractivity contribution in [3.63, 3.8) is 0 Å². The standard InChI is InChI=1S/C17H15BrN2O2S/c1-3-20-15-13(22-2)5-4-6-14(15)23-17(20)19-16(21)11-7-9-12(18)10-8-11/h4-10H,3H2,1-2H3. The molecular formula is C17H15BrN2O2S. The molecule has 0 spiro atoms. The van der Waals surface area contributed by atoms with Gasteiger partial charge in [-0.15, -0.1) is 0 Å². The predicted octanol–water partition coefficient (Wildman–Crippen LogP) is 4.23. The molecule has 1 heterocycles. The number of fused-ring (bicyclic) bond motifs is 1. The highest BCUT2D eigenvalue weighted by atomic mass is 79.9. The second-order valence-corrected chi connectivity index (χ2v) is 6.78. The summed E-state index contributed by atoms with van der Waals surface area (Å²) in [6.07, 6.45) is 0. The minimum absolute atomic E-state index is 0.245. The van der Waals surface area contributed by atoms with Crippen LogP contribution in [0.5, 0.6) is 5.75 Å². The van der Waals surface area contributed by atoms with Gasteiger partial charge in [0.05, 0.1) is 11.8 Å². The first-order valence-electron chi connectivity index (χ1n) is 7.15. The van der Waals surface area contributed by atoms with Crippen LogP contribution in [0.15, 0.2) is 51.9 Å². The van der Waals surface area contributed by atoms with Crippen LogP contribution in [0, 0.1) is 0 Å². The van der Waals surface area contributed by atoms with Crippen molar-refractivity contribution in [2.45, 2.75) is 13.5 Å². The van der Waals surface area contributed by atoms with Gasteiger partial charge in [-0.3, -0.25) is 4.79 Å². The second kappa shape index (κ2) is 6.68. The SMILES string of the molecule is CCn1c(=NC(=O)c2ccc(Br)cc2)sc2cccc(OC)c21. The Balaban J connectivity index is 2.15. The number of ether oxygens (including phenoxy) is 1. The number of thiazole rings is 1. The number of rotatable bonds is 3. The number of aromatic nitrogens is 1. The maximum absolute atomic E-state index is 12.4. The summed E-state index contributed by atoms with van der Waals surface area (Å²) in [6.45, 7) is 2.74. The number of halogens is 1. The fourth-order valence-electron chi connectivity index (χ4n) is 2.38. The highest BCUT2D eigenvalue weighted by Gasteiger charge is 2.11. The van der Waals surface area contributed by atoms with E-state index in [0.29, 0.717) is 16.9 Å². The molecule has 2 aromatic carbocycles. The van der Waals surface area contributed by atoms with Gasteiger partial charge in [0, 0.05) is 16.6 Å². The molecule has 0 bridgehead atoms. The summed E-state index contributed by atoms with van der Waals surface area (Å²) >= 11 is 4.86. The lowest BCUT2D eigenvalue weighted by Gasteiger charge is -2.05. The van der Waals surface area contributed by atoms with Crippen molar-refractivity contribution in [3.8, 4) is 5.75 Å². The van der Waals surface area contributed by atoms with Crippen LogP contribution in [-0.2, 0) is 6.54 Å². The van der Waals surface area contributed by atoms with Crippen molar-refractivity contribution in [1.29, 1.82) is 0 Å². The second-order valence-electron chi connectivity index (χ2n) is 4.86. The average Bonchev–Trinajstić information content (AvgIpc) is 2.92. The first-order chi connectivity index (χ1) is 11.1. The average molecular weight is 391 g/mol. The topological polar surface area (TPSA) is 43.6 Å². The number of amides is 1. The number of aryl methyl sites for hydroxylation is 1. The largest absolute Gasteiger partial charge is 0.495 e. The van der Waals surface area contributed by atoms with Crippen LogP contribution in [-0.4, -0.2) is 17.6 Å². The smallest absolute Gasteiger partial charge is 0.279 e. The summed E-state index contributed by atoms with van der Waals surface area (Å²) in [5.41, 5.74) is 1.55. The molecule has 3 rings (SSSR count). The molecule has 0 saturated heterocycles. The Morgan fingerprint density at radius 2 is 2.00 bits per heavy atom. The molecule has 4 nitrogen and oxygen atoms in total. The highest BCUT2D eigenvalue weighted by molar-refractivity contribution is 9.10. The summed E-state index contributed by atoms with van der Waals surface area (Å²) < 4.78 is 9.43. The molecule has 0 fully saturated rings. The van der Waals surface area contributed by atoms with Gasteiger partial charge in [-0.25, -0.2) is 0 Å². The van der Waals surface area contributed by atoms with E-state index in [1.165, 1.54) is 11.3 Å². The lowest BCUT2D eigenvalue weighted by Crippen LogP contribution is -2.16. The van der Waals surface area contributed by atoms with Crippen LogP contribution in [0.1, 0.15) is 17.3 Å². The van der Waals surface area contributed by atoms with Crippen molar-refractivity contribution in [1.82, 2.24) is 4.57 Å². The minimum atomic E-state index is -0.245. The highest BCUT2D eigenvalue weighted by Crippen LogP contribution is 2.27. The van der Waals surface area contributed by atoms with E-state index in [1.54, 1.807) is 19.2 Å². The van der Waals surface area contributed by atoms with Gasteiger partial charge in [0.1, 0.15) is 11.3 Å². The van der Waals surface area contributed by atoms with Crippen LogP contribution >= 0.6 is 27.3 Å². The molecule has 1 aromatic heterocycles. The van der Waals surface area contributed by atoms with Gasteiger partial charge < -0.3 is 9.30 Å². The number of carbonyl (C=O) groups excluding carboxylic acids is 1. The Bertz CT molecular complexity index is 926. The van der Waals surface area contributed by atoms with Crippen LogP contribution in [0.25, 0.3) is 10.2 Å². The first-order valence-corrected chi connectivity index (χ1v) is 8.76. The van der Waals surface area contributed by atoms with Gasteiger partial charge in [0.15, 0.2) is 4.80 Å².